The predicted molar refractivity (Wildman–Crippen MR) is 80.1 cm³/mol. The van der Waals surface area contributed by atoms with Gasteiger partial charge in [-0.2, -0.15) is 0 Å². The number of benzene rings is 1. The molecular formula is C15H17N3O3. The first-order valence-corrected chi connectivity index (χ1v) is 6.62. The van der Waals surface area contributed by atoms with Crippen LogP contribution in [0.2, 0.25) is 0 Å². The molecule has 0 spiro atoms. The Morgan fingerprint density at radius 2 is 2.05 bits per heavy atom. The van der Waals surface area contributed by atoms with Crippen LogP contribution in [0.4, 0.5) is 11.4 Å². The summed E-state index contributed by atoms with van der Waals surface area (Å²) in [4.78, 5) is 6.13. The summed E-state index contributed by atoms with van der Waals surface area (Å²) in [5.41, 5.74) is 2.68. The van der Waals surface area contributed by atoms with Gasteiger partial charge in [-0.15, -0.1) is 0 Å². The Kier molecular flexibility index (Phi) is 3.43. The molecule has 21 heavy (non-hydrogen) atoms. The maximum atomic E-state index is 10.0. The van der Waals surface area contributed by atoms with Crippen LogP contribution in [0.3, 0.4) is 0 Å². The van der Waals surface area contributed by atoms with Crippen molar-refractivity contribution < 1.29 is 14.6 Å². The summed E-state index contributed by atoms with van der Waals surface area (Å²) in [6, 6.07) is 5.30. The highest BCUT2D eigenvalue weighted by molar-refractivity contribution is 5.68. The summed E-state index contributed by atoms with van der Waals surface area (Å²) in [6.45, 7) is 0.661. The molecule has 110 valence electrons. The van der Waals surface area contributed by atoms with Crippen molar-refractivity contribution in [1.29, 1.82) is 0 Å². The smallest absolute Gasteiger partial charge is 0.231 e. The second-order valence-electron chi connectivity index (χ2n) is 4.97. The molecule has 1 aromatic heterocycles. The van der Waals surface area contributed by atoms with Crippen LogP contribution in [0.25, 0.3) is 0 Å². The molecule has 0 saturated carbocycles. The molecule has 1 aliphatic heterocycles. The van der Waals surface area contributed by atoms with Crippen molar-refractivity contribution in [1.82, 2.24) is 4.98 Å². The summed E-state index contributed by atoms with van der Waals surface area (Å²) in [7, 11) is 3.94. The number of nitrogens with one attached hydrogen (secondary N) is 1. The second-order valence-corrected chi connectivity index (χ2v) is 4.97. The molecule has 0 bridgehead atoms. The molecule has 1 aliphatic rings. The largest absolute Gasteiger partial charge is 0.507 e. The van der Waals surface area contributed by atoms with E-state index in [0.29, 0.717) is 18.0 Å². The van der Waals surface area contributed by atoms with Gasteiger partial charge in [0, 0.05) is 38.5 Å². The lowest BCUT2D eigenvalue weighted by Gasteiger charge is -2.18. The average Bonchev–Trinajstić information content (AvgIpc) is 2.92. The molecule has 2 heterocycles. The number of phenols is 1. The lowest BCUT2D eigenvalue weighted by molar-refractivity contribution is 0.174. The molecule has 0 atom stereocenters. The van der Waals surface area contributed by atoms with E-state index in [0.717, 1.165) is 16.9 Å². The summed E-state index contributed by atoms with van der Waals surface area (Å²) >= 11 is 0. The van der Waals surface area contributed by atoms with E-state index in [1.54, 1.807) is 24.5 Å². The third-order valence-corrected chi connectivity index (χ3v) is 3.32. The first-order chi connectivity index (χ1) is 10.1. The first-order valence-electron chi connectivity index (χ1n) is 6.62. The van der Waals surface area contributed by atoms with Gasteiger partial charge >= 0.3 is 0 Å². The molecule has 0 radical (unpaired) electrons. The number of rotatable bonds is 4. The molecule has 2 aromatic rings. The average molecular weight is 287 g/mol. The number of pyridine rings is 1. The zero-order chi connectivity index (χ0) is 14.8. The van der Waals surface area contributed by atoms with E-state index in [1.165, 1.54) is 0 Å². The van der Waals surface area contributed by atoms with E-state index >= 15 is 0 Å². The maximum absolute atomic E-state index is 10.0. The van der Waals surface area contributed by atoms with E-state index in [-0.39, 0.29) is 12.5 Å². The van der Waals surface area contributed by atoms with Crippen LogP contribution in [0, 0.1) is 0 Å². The molecule has 2 N–H and O–H groups in total. The Labute approximate surface area is 122 Å². The molecule has 3 rings (SSSR count). The number of phenolic OH excluding ortho intramolecular Hbond substituents is 1. The van der Waals surface area contributed by atoms with Crippen molar-refractivity contribution in [2.75, 3.05) is 31.1 Å². The number of hydrogen-bond acceptors (Lipinski definition) is 6. The quantitative estimate of drug-likeness (QED) is 0.898. The predicted octanol–water partition coefficient (Wildman–Crippen LogP) is 2.19. The molecule has 0 unspecified atom stereocenters. The van der Waals surface area contributed by atoms with Gasteiger partial charge in [-0.25, -0.2) is 0 Å². The van der Waals surface area contributed by atoms with Crippen LogP contribution in [-0.4, -0.2) is 31.0 Å². The van der Waals surface area contributed by atoms with Gasteiger partial charge in [0.25, 0.3) is 0 Å². The van der Waals surface area contributed by atoms with E-state index in [9.17, 15) is 5.11 Å². The lowest BCUT2D eigenvalue weighted by Crippen LogP contribution is -2.12. The minimum absolute atomic E-state index is 0.182. The molecule has 6 heteroatoms. The number of aromatic hydroxyl groups is 1. The number of fused-ring (bicyclic) bond motifs is 1. The Morgan fingerprint density at radius 3 is 2.81 bits per heavy atom. The Hall–Kier alpha value is -2.63. The fourth-order valence-corrected chi connectivity index (χ4v) is 2.22. The minimum atomic E-state index is 0.182. The van der Waals surface area contributed by atoms with Gasteiger partial charge in [0.2, 0.25) is 6.79 Å². The minimum Gasteiger partial charge on any atom is -0.507 e. The SMILES string of the molecule is CN(C)c1ccncc1NCc1cc2c(cc1O)OCO2. The highest BCUT2D eigenvalue weighted by atomic mass is 16.7. The van der Waals surface area contributed by atoms with Crippen LogP contribution < -0.4 is 19.7 Å². The molecular weight excluding hydrogens is 270 g/mol. The second kappa shape index (κ2) is 5.40. The Bertz CT molecular complexity index is 659. The fraction of sp³-hybridized carbons (Fsp3) is 0.267. The zero-order valence-corrected chi connectivity index (χ0v) is 12.0. The zero-order valence-electron chi connectivity index (χ0n) is 12.0. The van der Waals surface area contributed by atoms with E-state index in [4.69, 9.17) is 9.47 Å². The number of nitrogens with zero attached hydrogens (tertiary/aromatic N) is 2. The summed E-state index contributed by atoms with van der Waals surface area (Å²) in [5, 5.41) is 13.3. The van der Waals surface area contributed by atoms with Gasteiger partial charge in [0.05, 0.1) is 17.6 Å². The van der Waals surface area contributed by atoms with E-state index in [1.807, 2.05) is 25.1 Å². The van der Waals surface area contributed by atoms with Gasteiger partial charge in [-0.05, 0) is 12.1 Å². The molecule has 1 aromatic carbocycles. The summed E-state index contributed by atoms with van der Waals surface area (Å²) < 4.78 is 10.6. The molecule has 0 aliphatic carbocycles. The molecule has 0 amide bonds. The van der Waals surface area contributed by atoms with Crippen LogP contribution >= 0.6 is 0 Å². The lowest BCUT2D eigenvalue weighted by atomic mass is 10.1. The highest BCUT2D eigenvalue weighted by Crippen LogP contribution is 2.38. The molecule has 0 fully saturated rings. The first kappa shape index (κ1) is 13.4. The van der Waals surface area contributed by atoms with Crippen molar-refractivity contribution in [3.63, 3.8) is 0 Å². The Morgan fingerprint density at radius 1 is 1.29 bits per heavy atom. The number of anilines is 2. The highest BCUT2D eigenvalue weighted by Gasteiger charge is 2.17. The maximum Gasteiger partial charge on any atom is 0.231 e. The summed E-state index contributed by atoms with van der Waals surface area (Å²) in [6.07, 6.45) is 3.51. The van der Waals surface area contributed by atoms with E-state index < -0.39 is 0 Å². The molecule has 6 nitrogen and oxygen atoms in total. The third kappa shape index (κ3) is 2.65. The number of aromatic nitrogens is 1. The van der Waals surface area contributed by atoms with Crippen LogP contribution in [0.5, 0.6) is 17.2 Å². The van der Waals surface area contributed by atoms with Crippen LogP contribution in [-0.2, 0) is 6.54 Å². The van der Waals surface area contributed by atoms with Gasteiger partial charge in [-0.3, -0.25) is 4.98 Å². The topological polar surface area (TPSA) is 66.9 Å². The van der Waals surface area contributed by atoms with Crippen molar-refractivity contribution >= 4 is 11.4 Å². The van der Waals surface area contributed by atoms with Crippen molar-refractivity contribution in [3.05, 3.63) is 36.2 Å². The fourth-order valence-electron chi connectivity index (χ4n) is 2.22. The van der Waals surface area contributed by atoms with Gasteiger partial charge < -0.3 is 24.8 Å². The van der Waals surface area contributed by atoms with Crippen molar-refractivity contribution in [2.24, 2.45) is 0 Å². The van der Waals surface area contributed by atoms with Crippen LogP contribution in [0.1, 0.15) is 5.56 Å². The van der Waals surface area contributed by atoms with Crippen LogP contribution in [0.15, 0.2) is 30.6 Å². The normalized spacial score (nSPS) is 12.3. The Balaban J connectivity index is 1.80. The van der Waals surface area contributed by atoms with Crippen molar-refractivity contribution in [3.8, 4) is 17.2 Å². The number of ether oxygens (including phenoxy) is 2. The number of hydrogen-bond donors (Lipinski definition) is 2. The van der Waals surface area contributed by atoms with Gasteiger partial charge in [-0.1, -0.05) is 0 Å². The van der Waals surface area contributed by atoms with Crippen molar-refractivity contribution in [2.45, 2.75) is 6.54 Å². The monoisotopic (exact) mass is 287 g/mol. The summed E-state index contributed by atoms with van der Waals surface area (Å²) in [5.74, 6) is 1.41. The molecule has 0 saturated heterocycles. The van der Waals surface area contributed by atoms with Gasteiger partial charge in [0.15, 0.2) is 11.5 Å². The van der Waals surface area contributed by atoms with Gasteiger partial charge in [0.1, 0.15) is 5.75 Å². The standard InChI is InChI=1S/C15H17N3O3/c1-18(2)12-3-4-16-8-11(12)17-7-10-5-14-15(6-13(10)19)21-9-20-14/h3-6,8,17,19H,7,9H2,1-2H3. The van der Waals surface area contributed by atoms with E-state index in [2.05, 4.69) is 10.3 Å². The third-order valence-electron chi connectivity index (χ3n) is 3.32.